The molecule has 0 N–H and O–H groups in total. The molecule has 0 bridgehead atoms. The second-order valence-corrected chi connectivity index (χ2v) is 5.43. The zero-order chi connectivity index (χ0) is 15.0. The number of benzene rings is 2. The fourth-order valence-electron chi connectivity index (χ4n) is 1.95. The maximum atomic E-state index is 12.5. The molecule has 0 aliphatic rings. The standard InChI is InChI=1S/C15H8F3NOS/c16-15(17,18)13(20)9-4-3-5-10(8-9)14-19-11-6-1-2-7-12(11)21-14/h1-8H. The van der Waals surface area contributed by atoms with E-state index in [9.17, 15) is 18.0 Å². The maximum absolute atomic E-state index is 12.5. The van der Waals surface area contributed by atoms with E-state index in [1.54, 1.807) is 6.07 Å². The van der Waals surface area contributed by atoms with Gasteiger partial charge in [-0.25, -0.2) is 4.98 Å². The fourth-order valence-corrected chi connectivity index (χ4v) is 2.91. The van der Waals surface area contributed by atoms with Gasteiger partial charge in [0.15, 0.2) is 0 Å². The van der Waals surface area contributed by atoms with Crippen LogP contribution < -0.4 is 0 Å². The third-order valence-electron chi connectivity index (χ3n) is 2.92. The van der Waals surface area contributed by atoms with Crippen molar-refractivity contribution in [1.29, 1.82) is 0 Å². The van der Waals surface area contributed by atoms with E-state index in [4.69, 9.17) is 0 Å². The van der Waals surface area contributed by atoms with Crippen molar-refractivity contribution < 1.29 is 18.0 Å². The summed E-state index contributed by atoms with van der Waals surface area (Å²) in [5.41, 5.74) is 0.913. The van der Waals surface area contributed by atoms with E-state index in [0.717, 1.165) is 16.3 Å². The van der Waals surface area contributed by atoms with E-state index in [2.05, 4.69) is 4.98 Å². The Balaban J connectivity index is 2.05. The number of hydrogen-bond acceptors (Lipinski definition) is 3. The lowest BCUT2D eigenvalue weighted by atomic mass is 10.1. The van der Waals surface area contributed by atoms with Gasteiger partial charge >= 0.3 is 6.18 Å². The van der Waals surface area contributed by atoms with Crippen molar-refractivity contribution in [3.05, 3.63) is 54.1 Å². The Morgan fingerprint density at radius 2 is 1.81 bits per heavy atom. The normalized spacial score (nSPS) is 11.8. The van der Waals surface area contributed by atoms with Gasteiger partial charge in [-0.2, -0.15) is 13.2 Å². The highest BCUT2D eigenvalue weighted by Crippen LogP contribution is 2.31. The number of aromatic nitrogens is 1. The molecule has 1 aromatic heterocycles. The molecular weight excluding hydrogens is 299 g/mol. The summed E-state index contributed by atoms with van der Waals surface area (Å²) >= 11 is 1.37. The van der Waals surface area contributed by atoms with Crippen molar-refractivity contribution >= 4 is 27.3 Å². The molecule has 6 heteroatoms. The van der Waals surface area contributed by atoms with Crippen LogP contribution in [0.3, 0.4) is 0 Å². The Bertz CT molecular complexity index is 790. The van der Waals surface area contributed by atoms with Gasteiger partial charge in [0.25, 0.3) is 5.78 Å². The molecule has 3 aromatic rings. The zero-order valence-corrected chi connectivity index (χ0v) is 11.3. The third-order valence-corrected chi connectivity index (χ3v) is 4.01. The van der Waals surface area contributed by atoms with Gasteiger partial charge in [0, 0.05) is 11.1 Å². The van der Waals surface area contributed by atoms with Crippen LogP contribution in [0, 0.1) is 0 Å². The van der Waals surface area contributed by atoms with Gasteiger partial charge in [-0.05, 0) is 18.2 Å². The first kappa shape index (κ1) is 13.8. The first-order valence-corrected chi connectivity index (χ1v) is 6.84. The number of thiazole rings is 1. The number of alkyl halides is 3. The average Bonchev–Trinajstić information content (AvgIpc) is 2.89. The lowest BCUT2D eigenvalue weighted by molar-refractivity contribution is -0.0885. The molecule has 1 heterocycles. The highest BCUT2D eigenvalue weighted by Gasteiger charge is 2.39. The number of halogens is 3. The van der Waals surface area contributed by atoms with Crippen molar-refractivity contribution in [3.8, 4) is 10.6 Å². The summed E-state index contributed by atoms with van der Waals surface area (Å²) in [5, 5.41) is 0.591. The number of fused-ring (bicyclic) bond motifs is 1. The zero-order valence-electron chi connectivity index (χ0n) is 10.5. The molecule has 0 fully saturated rings. The van der Waals surface area contributed by atoms with Crippen LogP contribution in [0.15, 0.2) is 48.5 Å². The second-order valence-electron chi connectivity index (χ2n) is 4.39. The topological polar surface area (TPSA) is 30.0 Å². The molecule has 0 atom stereocenters. The summed E-state index contributed by atoms with van der Waals surface area (Å²) in [5.74, 6) is -1.84. The number of para-hydroxylation sites is 1. The molecule has 0 saturated heterocycles. The van der Waals surface area contributed by atoms with Crippen molar-refractivity contribution in [3.63, 3.8) is 0 Å². The van der Waals surface area contributed by atoms with E-state index in [1.807, 2.05) is 24.3 Å². The van der Waals surface area contributed by atoms with E-state index >= 15 is 0 Å². The number of hydrogen-bond donors (Lipinski definition) is 0. The molecule has 0 spiro atoms. The number of nitrogens with zero attached hydrogens (tertiary/aromatic N) is 1. The van der Waals surface area contributed by atoms with Crippen LogP contribution in [0.25, 0.3) is 20.8 Å². The minimum atomic E-state index is -4.87. The van der Waals surface area contributed by atoms with Crippen LogP contribution in [0.5, 0.6) is 0 Å². The predicted molar refractivity (Wildman–Crippen MR) is 75.4 cm³/mol. The number of carbonyl (C=O) groups is 1. The molecule has 106 valence electrons. The van der Waals surface area contributed by atoms with E-state index in [1.165, 1.54) is 23.5 Å². The first-order valence-electron chi connectivity index (χ1n) is 6.03. The van der Waals surface area contributed by atoms with Gasteiger partial charge in [0.05, 0.1) is 10.2 Å². The molecule has 0 radical (unpaired) electrons. The molecule has 2 aromatic carbocycles. The van der Waals surface area contributed by atoms with Crippen LogP contribution in [0.1, 0.15) is 10.4 Å². The summed E-state index contributed by atoms with van der Waals surface area (Å²) in [6, 6.07) is 12.9. The highest BCUT2D eigenvalue weighted by atomic mass is 32.1. The molecule has 0 saturated carbocycles. The number of rotatable bonds is 2. The van der Waals surface area contributed by atoms with Gasteiger partial charge < -0.3 is 0 Å². The van der Waals surface area contributed by atoms with Gasteiger partial charge in [-0.3, -0.25) is 4.79 Å². The fraction of sp³-hybridized carbons (Fsp3) is 0.0667. The number of ketones is 1. The molecule has 21 heavy (non-hydrogen) atoms. The molecular formula is C15H8F3NOS. The van der Waals surface area contributed by atoms with E-state index < -0.39 is 12.0 Å². The molecule has 0 unspecified atom stereocenters. The van der Waals surface area contributed by atoms with Crippen molar-refractivity contribution in [2.75, 3.05) is 0 Å². The molecule has 0 amide bonds. The number of carbonyl (C=O) groups excluding carboxylic acids is 1. The highest BCUT2D eigenvalue weighted by molar-refractivity contribution is 7.21. The molecule has 3 rings (SSSR count). The molecule has 0 aliphatic heterocycles. The lowest BCUT2D eigenvalue weighted by Crippen LogP contribution is -2.22. The second kappa shape index (κ2) is 4.96. The minimum Gasteiger partial charge on any atom is -0.284 e. The largest absolute Gasteiger partial charge is 0.454 e. The smallest absolute Gasteiger partial charge is 0.284 e. The SMILES string of the molecule is O=C(c1cccc(-c2nc3ccccc3s2)c1)C(F)(F)F. The summed E-state index contributed by atoms with van der Waals surface area (Å²) in [4.78, 5) is 15.7. The van der Waals surface area contributed by atoms with Crippen molar-refractivity contribution in [2.45, 2.75) is 6.18 Å². The van der Waals surface area contributed by atoms with Gasteiger partial charge in [-0.15, -0.1) is 11.3 Å². The van der Waals surface area contributed by atoms with Gasteiger partial charge in [-0.1, -0.05) is 30.3 Å². The van der Waals surface area contributed by atoms with Crippen molar-refractivity contribution in [1.82, 2.24) is 4.98 Å². The van der Waals surface area contributed by atoms with Crippen LogP contribution in [0.4, 0.5) is 13.2 Å². The Kier molecular flexibility index (Phi) is 3.25. The summed E-state index contributed by atoms with van der Waals surface area (Å²) in [6.45, 7) is 0. The Labute approximate surface area is 121 Å². The van der Waals surface area contributed by atoms with Crippen LogP contribution in [0.2, 0.25) is 0 Å². The predicted octanol–water partition coefficient (Wildman–Crippen LogP) is 4.71. The Morgan fingerprint density at radius 3 is 2.52 bits per heavy atom. The minimum absolute atomic E-state index is 0.376. The Hall–Kier alpha value is -2.21. The van der Waals surface area contributed by atoms with Crippen LogP contribution in [-0.4, -0.2) is 16.9 Å². The summed E-state index contributed by atoms with van der Waals surface area (Å²) in [6.07, 6.45) is -4.87. The van der Waals surface area contributed by atoms with E-state index in [-0.39, 0.29) is 5.56 Å². The first-order chi connectivity index (χ1) is 9.95. The molecule has 2 nitrogen and oxygen atoms in total. The summed E-state index contributed by atoms with van der Waals surface area (Å²) < 4.78 is 38.4. The van der Waals surface area contributed by atoms with Crippen molar-refractivity contribution in [2.24, 2.45) is 0 Å². The average molecular weight is 307 g/mol. The lowest BCUT2D eigenvalue weighted by Gasteiger charge is -2.05. The van der Waals surface area contributed by atoms with E-state index in [0.29, 0.717) is 10.6 Å². The molecule has 0 aliphatic carbocycles. The summed E-state index contributed by atoms with van der Waals surface area (Å²) in [7, 11) is 0. The third kappa shape index (κ3) is 2.67. The maximum Gasteiger partial charge on any atom is 0.454 e. The van der Waals surface area contributed by atoms with Gasteiger partial charge in [0.1, 0.15) is 5.01 Å². The van der Waals surface area contributed by atoms with Crippen LogP contribution >= 0.6 is 11.3 Å². The van der Waals surface area contributed by atoms with Gasteiger partial charge in [0.2, 0.25) is 0 Å². The monoisotopic (exact) mass is 307 g/mol. The van der Waals surface area contributed by atoms with Crippen LogP contribution in [-0.2, 0) is 0 Å². The Morgan fingerprint density at radius 1 is 1.05 bits per heavy atom. The number of Topliss-reactive ketones (excluding diaryl/α,β-unsaturated/α-hetero) is 1. The quantitative estimate of drug-likeness (QED) is 0.642.